The molecule has 2 N–H and O–H groups in total. The van der Waals surface area contributed by atoms with Crippen molar-refractivity contribution in [3.8, 4) is 0 Å². The van der Waals surface area contributed by atoms with Gasteiger partial charge in [-0.15, -0.1) is 0 Å². The first-order valence-corrected chi connectivity index (χ1v) is 10.3. The first kappa shape index (κ1) is 18.9. The van der Waals surface area contributed by atoms with E-state index in [9.17, 15) is 0 Å². The fourth-order valence-corrected chi connectivity index (χ4v) is 4.14. The third kappa shape index (κ3) is 4.02. The summed E-state index contributed by atoms with van der Waals surface area (Å²) in [4.78, 5) is 19.8. The number of hydrogen-bond donors (Lipinski definition) is 2. The molecule has 1 fully saturated rings. The van der Waals surface area contributed by atoms with Crippen molar-refractivity contribution in [1.82, 2.24) is 25.3 Å². The Morgan fingerprint density at radius 1 is 1.18 bits per heavy atom. The second-order valence-corrected chi connectivity index (χ2v) is 7.92. The number of anilines is 1. The van der Waals surface area contributed by atoms with Crippen LogP contribution in [-0.2, 0) is 6.54 Å². The van der Waals surface area contributed by atoms with Crippen molar-refractivity contribution >= 4 is 17.0 Å². The maximum Gasteiger partial charge on any atom is 0.225 e. The van der Waals surface area contributed by atoms with Crippen LogP contribution in [0, 0.1) is 6.92 Å². The van der Waals surface area contributed by atoms with Gasteiger partial charge in [0.25, 0.3) is 0 Å². The highest BCUT2D eigenvalue weighted by Gasteiger charge is 2.21. The average molecular weight is 379 g/mol. The fraction of sp³-hybridized carbons (Fsp3) is 0.500. The minimum absolute atomic E-state index is 0.155. The van der Waals surface area contributed by atoms with Gasteiger partial charge in [-0.2, -0.15) is 0 Å². The lowest BCUT2D eigenvalue weighted by molar-refractivity contribution is 0.423. The van der Waals surface area contributed by atoms with Gasteiger partial charge in [0, 0.05) is 36.6 Å². The minimum atomic E-state index is 0.155. The molecule has 2 heterocycles. The molecule has 148 valence electrons. The molecule has 1 saturated carbocycles. The van der Waals surface area contributed by atoms with Crippen molar-refractivity contribution in [3.63, 3.8) is 0 Å². The molecule has 1 unspecified atom stereocenters. The number of aromatic amines is 1. The van der Waals surface area contributed by atoms with E-state index in [0.717, 1.165) is 34.1 Å². The zero-order valence-electron chi connectivity index (χ0n) is 17.1. The monoisotopic (exact) mass is 378 g/mol. The van der Waals surface area contributed by atoms with Gasteiger partial charge in [0.05, 0.1) is 17.6 Å². The van der Waals surface area contributed by atoms with E-state index < -0.39 is 0 Å². The Kier molecular flexibility index (Phi) is 5.57. The lowest BCUT2D eigenvalue weighted by Crippen LogP contribution is -2.34. The summed E-state index contributed by atoms with van der Waals surface area (Å²) in [5.41, 5.74) is 4.25. The molecular formula is C22H30N6. The fourth-order valence-electron chi connectivity index (χ4n) is 4.14. The van der Waals surface area contributed by atoms with Crippen molar-refractivity contribution in [2.45, 2.75) is 64.6 Å². The van der Waals surface area contributed by atoms with Crippen molar-refractivity contribution < 1.29 is 0 Å². The highest BCUT2D eigenvalue weighted by Crippen LogP contribution is 2.25. The molecule has 0 saturated heterocycles. The van der Waals surface area contributed by atoms with Crippen LogP contribution in [0.5, 0.6) is 0 Å². The second kappa shape index (κ2) is 8.27. The molecular weight excluding hydrogens is 348 g/mol. The number of benzene rings is 1. The number of aryl methyl sites for hydroxylation is 1. The van der Waals surface area contributed by atoms with Crippen LogP contribution in [-0.4, -0.2) is 33.0 Å². The van der Waals surface area contributed by atoms with Gasteiger partial charge in [0.2, 0.25) is 5.95 Å². The van der Waals surface area contributed by atoms with Gasteiger partial charge < -0.3 is 15.2 Å². The third-order valence-corrected chi connectivity index (χ3v) is 5.92. The van der Waals surface area contributed by atoms with Crippen LogP contribution in [0.3, 0.4) is 0 Å². The Morgan fingerprint density at radius 3 is 2.71 bits per heavy atom. The molecule has 1 aliphatic carbocycles. The summed E-state index contributed by atoms with van der Waals surface area (Å²) < 4.78 is 0. The van der Waals surface area contributed by atoms with Crippen LogP contribution in [0.15, 0.2) is 30.5 Å². The molecule has 0 bridgehead atoms. The van der Waals surface area contributed by atoms with E-state index in [4.69, 9.17) is 4.98 Å². The van der Waals surface area contributed by atoms with Crippen molar-refractivity contribution in [2.75, 3.05) is 11.9 Å². The smallest absolute Gasteiger partial charge is 0.225 e. The summed E-state index contributed by atoms with van der Waals surface area (Å²) in [5, 5.41) is 3.54. The molecule has 3 aromatic rings. The number of para-hydroxylation sites is 2. The molecule has 0 spiro atoms. The van der Waals surface area contributed by atoms with Gasteiger partial charge in [-0.3, -0.25) is 0 Å². The van der Waals surface area contributed by atoms with E-state index in [1.165, 1.54) is 32.1 Å². The average Bonchev–Trinajstić information content (AvgIpc) is 3.15. The van der Waals surface area contributed by atoms with Crippen LogP contribution in [0.2, 0.25) is 0 Å². The molecule has 1 aromatic carbocycles. The number of rotatable bonds is 6. The van der Waals surface area contributed by atoms with Gasteiger partial charge in [0.15, 0.2) is 0 Å². The van der Waals surface area contributed by atoms with Crippen LogP contribution < -0.4 is 10.2 Å². The molecule has 0 aliphatic heterocycles. The molecule has 28 heavy (non-hydrogen) atoms. The maximum absolute atomic E-state index is 4.81. The Morgan fingerprint density at radius 2 is 1.96 bits per heavy atom. The number of H-pyrrole nitrogens is 1. The number of nitrogens with zero attached hydrogens (tertiary/aromatic N) is 4. The lowest BCUT2D eigenvalue weighted by Gasteiger charge is -2.31. The predicted octanol–water partition coefficient (Wildman–Crippen LogP) is 4.28. The summed E-state index contributed by atoms with van der Waals surface area (Å²) >= 11 is 0. The first-order chi connectivity index (χ1) is 13.6. The maximum atomic E-state index is 4.81. The predicted molar refractivity (Wildman–Crippen MR) is 113 cm³/mol. The Balaban J connectivity index is 1.41. The van der Waals surface area contributed by atoms with E-state index in [1.54, 1.807) is 0 Å². The Hall–Kier alpha value is -2.47. The summed E-state index contributed by atoms with van der Waals surface area (Å²) in [6, 6.07) is 8.83. The summed E-state index contributed by atoms with van der Waals surface area (Å²) in [6.45, 7) is 4.91. The van der Waals surface area contributed by atoms with Crippen molar-refractivity contribution in [1.29, 1.82) is 0 Å². The highest BCUT2D eigenvalue weighted by molar-refractivity contribution is 5.74. The van der Waals surface area contributed by atoms with E-state index in [0.29, 0.717) is 12.6 Å². The van der Waals surface area contributed by atoms with E-state index >= 15 is 0 Å². The molecule has 0 amide bonds. The molecule has 1 aliphatic rings. The largest absolute Gasteiger partial charge is 0.341 e. The Bertz CT molecular complexity index is 895. The molecule has 6 nitrogen and oxygen atoms in total. The number of nitrogens with one attached hydrogen (secondary N) is 2. The summed E-state index contributed by atoms with van der Waals surface area (Å²) in [7, 11) is 2.13. The van der Waals surface area contributed by atoms with Crippen LogP contribution in [0.4, 0.5) is 5.95 Å². The topological polar surface area (TPSA) is 69.7 Å². The standard InChI is InChI=1S/C22H30N6/c1-15(23-14-21-26-19-11-7-8-12-20(19)27-21)18-13-24-22(25-16(18)2)28(3)17-9-5-4-6-10-17/h7-8,11-13,15,17,23H,4-6,9-10,14H2,1-3H3,(H,26,27). The van der Waals surface area contributed by atoms with Gasteiger partial charge in [-0.1, -0.05) is 31.4 Å². The Labute approximate surface area is 166 Å². The zero-order chi connectivity index (χ0) is 19.5. The normalized spacial score (nSPS) is 16.4. The van der Waals surface area contributed by atoms with Crippen LogP contribution >= 0.6 is 0 Å². The van der Waals surface area contributed by atoms with Gasteiger partial charge >= 0.3 is 0 Å². The van der Waals surface area contributed by atoms with E-state index in [1.807, 2.05) is 24.4 Å². The SMILES string of the molecule is Cc1nc(N(C)C2CCCCC2)ncc1C(C)NCc1nc2ccccc2[nH]1. The van der Waals surface area contributed by atoms with E-state index in [-0.39, 0.29) is 6.04 Å². The zero-order valence-corrected chi connectivity index (χ0v) is 17.1. The minimum Gasteiger partial charge on any atom is -0.341 e. The second-order valence-electron chi connectivity index (χ2n) is 7.92. The molecule has 0 radical (unpaired) electrons. The van der Waals surface area contributed by atoms with Gasteiger partial charge in [0.1, 0.15) is 5.82 Å². The van der Waals surface area contributed by atoms with Crippen molar-refractivity contribution in [3.05, 3.63) is 47.5 Å². The van der Waals surface area contributed by atoms with Crippen molar-refractivity contribution in [2.24, 2.45) is 0 Å². The summed E-state index contributed by atoms with van der Waals surface area (Å²) in [5.74, 6) is 1.79. The third-order valence-electron chi connectivity index (χ3n) is 5.92. The number of imidazole rings is 1. The molecule has 1 atom stereocenters. The van der Waals surface area contributed by atoms with Gasteiger partial charge in [-0.05, 0) is 38.8 Å². The molecule has 2 aromatic heterocycles. The number of fused-ring (bicyclic) bond motifs is 1. The quantitative estimate of drug-likeness (QED) is 0.670. The highest BCUT2D eigenvalue weighted by atomic mass is 15.3. The van der Waals surface area contributed by atoms with Crippen LogP contribution in [0.1, 0.15) is 62.2 Å². The number of hydrogen-bond acceptors (Lipinski definition) is 5. The van der Waals surface area contributed by atoms with Gasteiger partial charge in [-0.25, -0.2) is 15.0 Å². The van der Waals surface area contributed by atoms with E-state index in [2.05, 4.69) is 52.1 Å². The first-order valence-electron chi connectivity index (χ1n) is 10.3. The molecule has 4 rings (SSSR count). The van der Waals surface area contributed by atoms with Crippen LogP contribution in [0.25, 0.3) is 11.0 Å². The lowest BCUT2D eigenvalue weighted by atomic mass is 9.95. The number of aromatic nitrogens is 4. The summed E-state index contributed by atoms with van der Waals surface area (Å²) in [6.07, 6.45) is 8.46. The molecule has 6 heteroatoms.